The molecule has 0 rings (SSSR count). The summed E-state index contributed by atoms with van der Waals surface area (Å²) in [7, 11) is 0. The van der Waals surface area contributed by atoms with Crippen LogP contribution in [0.25, 0.3) is 0 Å². The van der Waals surface area contributed by atoms with Gasteiger partial charge < -0.3 is 9.84 Å². The largest absolute Gasteiger partial charge is 0.462 e. The normalized spacial score (nSPS) is 11.0. The Morgan fingerprint density at radius 1 is 1.54 bits per heavy atom. The number of esters is 1. The Morgan fingerprint density at radius 2 is 2.08 bits per heavy atom. The van der Waals surface area contributed by atoms with Gasteiger partial charge in [0.25, 0.3) is 0 Å². The van der Waals surface area contributed by atoms with Gasteiger partial charge >= 0.3 is 5.97 Å². The maximum Gasteiger partial charge on any atom is 0.330 e. The number of carbonyl (C=O) groups is 1. The van der Waals surface area contributed by atoms with Crippen molar-refractivity contribution in [3.63, 3.8) is 0 Å². The van der Waals surface area contributed by atoms with Crippen molar-refractivity contribution in [1.82, 2.24) is 0 Å². The molecule has 0 amide bonds. The van der Waals surface area contributed by atoms with Gasteiger partial charge in [-0.3, -0.25) is 0 Å². The predicted molar refractivity (Wildman–Crippen MR) is 51.3 cm³/mol. The lowest BCUT2D eigenvalue weighted by Crippen LogP contribution is -2.30. The molecule has 0 atom stereocenters. The molecule has 0 bridgehead atoms. The topological polar surface area (TPSA) is 46.5 Å². The zero-order valence-corrected chi connectivity index (χ0v) is 8.38. The molecule has 3 heteroatoms. The lowest BCUT2D eigenvalue weighted by molar-refractivity contribution is -0.142. The van der Waals surface area contributed by atoms with Crippen LogP contribution < -0.4 is 0 Å². The molecule has 0 aromatic rings. The van der Waals surface area contributed by atoms with Crippen LogP contribution in [-0.4, -0.2) is 24.3 Å². The van der Waals surface area contributed by atoms with E-state index in [1.54, 1.807) is 0 Å². The SMILES string of the molecule is C=CC(=O)OCC(CC)(CC)CO. The zero-order chi connectivity index (χ0) is 10.3. The molecule has 13 heavy (non-hydrogen) atoms. The molecule has 0 aromatic carbocycles. The van der Waals surface area contributed by atoms with E-state index in [-0.39, 0.29) is 18.6 Å². The standard InChI is InChI=1S/C10H18O3/c1-4-9(12)13-8-10(5-2,6-3)7-11/h4,11H,1,5-8H2,2-3H3. The van der Waals surface area contributed by atoms with Gasteiger partial charge in [0.1, 0.15) is 0 Å². The smallest absolute Gasteiger partial charge is 0.330 e. The molecule has 0 unspecified atom stereocenters. The Morgan fingerprint density at radius 3 is 2.38 bits per heavy atom. The Labute approximate surface area is 79.4 Å². The van der Waals surface area contributed by atoms with E-state index in [2.05, 4.69) is 6.58 Å². The van der Waals surface area contributed by atoms with E-state index in [9.17, 15) is 4.79 Å². The van der Waals surface area contributed by atoms with Crippen LogP contribution in [-0.2, 0) is 9.53 Å². The van der Waals surface area contributed by atoms with Gasteiger partial charge in [0.15, 0.2) is 0 Å². The minimum Gasteiger partial charge on any atom is -0.462 e. The van der Waals surface area contributed by atoms with E-state index in [0.717, 1.165) is 18.9 Å². The first kappa shape index (κ1) is 12.2. The monoisotopic (exact) mass is 186 g/mol. The molecule has 0 saturated heterocycles. The molecule has 0 saturated carbocycles. The van der Waals surface area contributed by atoms with Gasteiger partial charge in [0, 0.05) is 11.5 Å². The van der Waals surface area contributed by atoms with Crippen molar-refractivity contribution in [3.05, 3.63) is 12.7 Å². The molecular formula is C10H18O3. The molecule has 0 aliphatic heterocycles. The molecule has 0 fully saturated rings. The Hall–Kier alpha value is -0.830. The van der Waals surface area contributed by atoms with Crippen molar-refractivity contribution in [2.45, 2.75) is 26.7 Å². The van der Waals surface area contributed by atoms with E-state index in [0.29, 0.717) is 0 Å². The highest BCUT2D eigenvalue weighted by molar-refractivity contribution is 5.81. The zero-order valence-electron chi connectivity index (χ0n) is 8.38. The average Bonchev–Trinajstić information content (AvgIpc) is 2.20. The molecule has 3 nitrogen and oxygen atoms in total. The summed E-state index contributed by atoms with van der Waals surface area (Å²) in [5, 5.41) is 9.14. The highest BCUT2D eigenvalue weighted by Crippen LogP contribution is 2.25. The molecule has 0 aliphatic rings. The molecule has 0 spiro atoms. The van der Waals surface area contributed by atoms with Crippen LogP contribution in [0.1, 0.15) is 26.7 Å². The summed E-state index contributed by atoms with van der Waals surface area (Å²) in [6, 6.07) is 0. The van der Waals surface area contributed by atoms with Crippen molar-refractivity contribution >= 4 is 5.97 Å². The third-order valence-electron chi connectivity index (χ3n) is 2.52. The first-order chi connectivity index (χ1) is 6.14. The van der Waals surface area contributed by atoms with Gasteiger partial charge in [-0.2, -0.15) is 0 Å². The summed E-state index contributed by atoms with van der Waals surface area (Å²) >= 11 is 0. The van der Waals surface area contributed by atoms with E-state index >= 15 is 0 Å². The van der Waals surface area contributed by atoms with Crippen molar-refractivity contribution in [3.8, 4) is 0 Å². The second kappa shape index (κ2) is 5.75. The lowest BCUT2D eigenvalue weighted by atomic mass is 9.84. The Bertz CT molecular complexity index is 163. The number of rotatable bonds is 6. The van der Waals surface area contributed by atoms with Crippen molar-refractivity contribution < 1.29 is 14.6 Å². The Kier molecular flexibility index (Phi) is 5.39. The summed E-state index contributed by atoms with van der Waals surface area (Å²) in [5.41, 5.74) is -0.279. The van der Waals surface area contributed by atoms with Crippen LogP contribution >= 0.6 is 0 Å². The fourth-order valence-corrected chi connectivity index (χ4v) is 1.01. The molecule has 0 aromatic heterocycles. The molecule has 76 valence electrons. The Balaban J connectivity index is 4.09. The van der Waals surface area contributed by atoms with Crippen molar-refractivity contribution in [2.75, 3.05) is 13.2 Å². The van der Waals surface area contributed by atoms with Crippen LogP contribution in [0.3, 0.4) is 0 Å². The first-order valence-corrected chi connectivity index (χ1v) is 4.54. The summed E-state index contributed by atoms with van der Waals surface area (Å²) in [6.07, 6.45) is 2.72. The van der Waals surface area contributed by atoms with Gasteiger partial charge in [0.05, 0.1) is 13.2 Å². The van der Waals surface area contributed by atoms with Gasteiger partial charge in [-0.25, -0.2) is 4.79 Å². The summed E-state index contributed by atoms with van der Waals surface area (Å²) < 4.78 is 4.91. The predicted octanol–water partition coefficient (Wildman–Crippen LogP) is 1.51. The molecule has 0 radical (unpaired) electrons. The maximum atomic E-state index is 10.8. The van der Waals surface area contributed by atoms with E-state index in [4.69, 9.17) is 9.84 Å². The van der Waals surface area contributed by atoms with Crippen LogP contribution in [0.2, 0.25) is 0 Å². The van der Waals surface area contributed by atoms with Crippen molar-refractivity contribution in [2.24, 2.45) is 5.41 Å². The quantitative estimate of drug-likeness (QED) is 0.505. The van der Waals surface area contributed by atoms with Crippen LogP contribution in [0.4, 0.5) is 0 Å². The number of hydrogen-bond acceptors (Lipinski definition) is 3. The highest BCUT2D eigenvalue weighted by Gasteiger charge is 2.26. The average molecular weight is 186 g/mol. The summed E-state index contributed by atoms with van der Waals surface area (Å²) in [4.78, 5) is 10.8. The molecule has 0 aliphatic carbocycles. The van der Waals surface area contributed by atoms with E-state index in [1.807, 2.05) is 13.8 Å². The minimum atomic E-state index is -0.431. The van der Waals surface area contributed by atoms with E-state index in [1.165, 1.54) is 0 Å². The highest BCUT2D eigenvalue weighted by atomic mass is 16.5. The lowest BCUT2D eigenvalue weighted by Gasteiger charge is -2.28. The second-order valence-corrected chi connectivity index (χ2v) is 3.18. The fourth-order valence-electron chi connectivity index (χ4n) is 1.01. The summed E-state index contributed by atoms with van der Waals surface area (Å²) in [6.45, 7) is 7.56. The summed E-state index contributed by atoms with van der Waals surface area (Å²) in [5.74, 6) is -0.431. The van der Waals surface area contributed by atoms with Gasteiger partial charge in [0.2, 0.25) is 0 Å². The minimum absolute atomic E-state index is 0.0461. The van der Waals surface area contributed by atoms with E-state index < -0.39 is 5.97 Å². The number of aliphatic hydroxyl groups is 1. The van der Waals surface area contributed by atoms with Crippen LogP contribution in [0.5, 0.6) is 0 Å². The fraction of sp³-hybridized carbons (Fsp3) is 0.700. The van der Waals surface area contributed by atoms with Gasteiger partial charge in [-0.1, -0.05) is 20.4 Å². The van der Waals surface area contributed by atoms with Gasteiger partial charge in [-0.15, -0.1) is 0 Å². The van der Waals surface area contributed by atoms with Crippen LogP contribution in [0.15, 0.2) is 12.7 Å². The molecule has 0 heterocycles. The first-order valence-electron chi connectivity index (χ1n) is 4.54. The number of ether oxygens (including phenoxy) is 1. The second-order valence-electron chi connectivity index (χ2n) is 3.18. The number of carbonyl (C=O) groups excluding carboxylic acids is 1. The van der Waals surface area contributed by atoms with Crippen molar-refractivity contribution in [1.29, 1.82) is 0 Å². The maximum absolute atomic E-state index is 10.8. The van der Waals surface area contributed by atoms with Crippen LogP contribution in [0, 0.1) is 5.41 Å². The van der Waals surface area contributed by atoms with Gasteiger partial charge in [-0.05, 0) is 12.8 Å². The molecular weight excluding hydrogens is 168 g/mol. The molecule has 1 N–H and O–H groups in total. The number of aliphatic hydroxyl groups excluding tert-OH is 1. The third-order valence-corrected chi connectivity index (χ3v) is 2.52. The number of hydrogen-bond donors (Lipinski definition) is 1. The third kappa shape index (κ3) is 3.59.